The van der Waals surface area contributed by atoms with Gasteiger partial charge in [0.2, 0.25) is 0 Å². The van der Waals surface area contributed by atoms with Gasteiger partial charge in [-0.3, -0.25) is 0 Å². The summed E-state index contributed by atoms with van der Waals surface area (Å²) < 4.78 is 5.28. The van der Waals surface area contributed by atoms with Crippen LogP contribution in [-0.2, 0) is 9.53 Å². The van der Waals surface area contributed by atoms with Crippen LogP contribution in [0.5, 0.6) is 0 Å². The highest BCUT2D eigenvalue weighted by Crippen LogP contribution is 2.09. The van der Waals surface area contributed by atoms with E-state index < -0.39 is 12.2 Å². The molecule has 0 saturated heterocycles. The zero-order valence-electron chi connectivity index (χ0n) is 8.30. The van der Waals surface area contributed by atoms with Crippen LogP contribution >= 0.6 is 0 Å². The number of carbonyl (C=O) groups excluding carboxylic acids is 1. The average Bonchev–Trinajstić information content (AvgIpc) is 2.12. The molecule has 3 atom stereocenters. The minimum Gasteiger partial charge on any atom is -0.394 e. The summed E-state index contributed by atoms with van der Waals surface area (Å²) in [6.07, 6.45) is -1.78. The molecule has 13 heavy (non-hydrogen) atoms. The molecule has 78 valence electrons. The lowest BCUT2D eigenvalue weighted by Gasteiger charge is -2.24. The molecule has 0 aromatic carbocycles. The van der Waals surface area contributed by atoms with Crippen molar-refractivity contribution in [3.05, 3.63) is 0 Å². The predicted octanol–water partition coefficient (Wildman–Crippen LogP) is -0.0318. The lowest BCUT2D eigenvalue weighted by molar-refractivity contribution is -0.134. The van der Waals surface area contributed by atoms with Gasteiger partial charge in [-0.2, -0.15) is 0 Å². The Bertz CT molecular complexity index is 147. The van der Waals surface area contributed by atoms with Crippen molar-refractivity contribution >= 4 is 6.29 Å². The highest BCUT2D eigenvalue weighted by atomic mass is 16.5. The van der Waals surface area contributed by atoms with Gasteiger partial charge in [0, 0.05) is 0 Å². The summed E-state index contributed by atoms with van der Waals surface area (Å²) in [6, 6.07) is 0. The highest BCUT2D eigenvalue weighted by molar-refractivity contribution is 5.56. The first-order valence-corrected chi connectivity index (χ1v) is 4.42. The number of aliphatic hydroxyl groups is 2. The van der Waals surface area contributed by atoms with E-state index >= 15 is 0 Å². The summed E-state index contributed by atoms with van der Waals surface area (Å²) in [5.74, 6) is 0.285. The van der Waals surface area contributed by atoms with E-state index in [1.807, 2.05) is 20.8 Å². The Hall–Kier alpha value is -0.450. The molecule has 0 bridgehead atoms. The number of hydrogen-bond acceptors (Lipinski definition) is 4. The van der Waals surface area contributed by atoms with E-state index in [1.165, 1.54) is 0 Å². The number of carbonyl (C=O) groups is 1. The molecule has 2 N–H and O–H groups in total. The van der Waals surface area contributed by atoms with Crippen LogP contribution in [0.2, 0.25) is 0 Å². The van der Waals surface area contributed by atoms with Gasteiger partial charge in [-0.25, -0.2) is 0 Å². The van der Waals surface area contributed by atoms with Gasteiger partial charge in [0.05, 0.1) is 12.7 Å². The molecule has 0 spiro atoms. The molecule has 0 aliphatic carbocycles. The zero-order valence-corrected chi connectivity index (χ0v) is 8.30. The number of aldehydes is 1. The maximum Gasteiger partial charge on any atom is 0.151 e. The second-order valence-electron chi connectivity index (χ2n) is 3.43. The van der Waals surface area contributed by atoms with Crippen molar-refractivity contribution in [2.75, 3.05) is 6.61 Å². The lowest BCUT2D eigenvalue weighted by Crippen LogP contribution is -2.37. The molecule has 0 saturated carbocycles. The molecule has 0 rings (SSSR count). The first kappa shape index (κ1) is 12.6. The first-order valence-electron chi connectivity index (χ1n) is 4.42. The van der Waals surface area contributed by atoms with E-state index in [0.717, 1.165) is 0 Å². The molecule has 0 fully saturated rings. The standard InChI is InChI=1S/C9H18O4/c1-6(2)7(3)13-9(5-11)8(12)4-10/h4,6-9,11-12H,5H2,1-3H3. The fraction of sp³-hybridized carbons (Fsp3) is 0.889. The van der Waals surface area contributed by atoms with Crippen molar-refractivity contribution in [1.29, 1.82) is 0 Å². The largest absolute Gasteiger partial charge is 0.394 e. The Labute approximate surface area is 78.5 Å². The van der Waals surface area contributed by atoms with Gasteiger partial charge >= 0.3 is 0 Å². The van der Waals surface area contributed by atoms with Gasteiger partial charge in [-0.05, 0) is 12.8 Å². The fourth-order valence-corrected chi connectivity index (χ4v) is 0.752. The zero-order chi connectivity index (χ0) is 10.4. The molecule has 4 nitrogen and oxygen atoms in total. The van der Waals surface area contributed by atoms with Crippen molar-refractivity contribution in [2.45, 2.75) is 39.1 Å². The normalized spacial score (nSPS) is 18.3. The van der Waals surface area contributed by atoms with E-state index in [-0.39, 0.29) is 18.6 Å². The van der Waals surface area contributed by atoms with Crippen molar-refractivity contribution < 1.29 is 19.7 Å². The monoisotopic (exact) mass is 190 g/mol. The molecule has 3 unspecified atom stereocenters. The van der Waals surface area contributed by atoms with Crippen molar-refractivity contribution in [3.63, 3.8) is 0 Å². The quantitative estimate of drug-likeness (QED) is 0.577. The average molecular weight is 190 g/mol. The number of ether oxygens (including phenoxy) is 1. The van der Waals surface area contributed by atoms with Crippen LogP contribution in [0.4, 0.5) is 0 Å². The third-order valence-corrected chi connectivity index (χ3v) is 2.03. The van der Waals surface area contributed by atoms with Gasteiger partial charge in [-0.1, -0.05) is 13.8 Å². The summed E-state index contributed by atoms with van der Waals surface area (Å²) in [5, 5.41) is 17.9. The number of hydrogen-bond donors (Lipinski definition) is 2. The minimum atomic E-state index is -1.24. The maximum absolute atomic E-state index is 10.2. The Morgan fingerprint density at radius 2 is 1.92 bits per heavy atom. The Morgan fingerprint density at radius 3 is 2.23 bits per heavy atom. The van der Waals surface area contributed by atoms with Crippen LogP contribution in [0.3, 0.4) is 0 Å². The number of rotatable bonds is 6. The highest BCUT2D eigenvalue weighted by Gasteiger charge is 2.21. The summed E-state index contributed by atoms with van der Waals surface area (Å²) >= 11 is 0. The molecule has 4 heteroatoms. The second kappa shape index (κ2) is 6.07. The van der Waals surface area contributed by atoms with Gasteiger partial charge < -0.3 is 19.7 Å². The summed E-state index contributed by atoms with van der Waals surface area (Å²) in [7, 11) is 0. The van der Waals surface area contributed by atoms with Crippen LogP contribution in [0, 0.1) is 5.92 Å². The van der Waals surface area contributed by atoms with Crippen LogP contribution in [0.1, 0.15) is 20.8 Å². The molecule has 0 amide bonds. The predicted molar refractivity (Wildman–Crippen MR) is 48.3 cm³/mol. The summed E-state index contributed by atoms with van der Waals surface area (Å²) in [4.78, 5) is 10.2. The molecule has 0 aliphatic heterocycles. The topological polar surface area (TPSA) is 66.8 Å². The molecular weight excluding hydrogens is 172 g/mol. The van der Waals surface area contributed by atoms with E-state index in [9.17, 15) is 4.79 Å². The maximum atomic E-state index is 10.2. The van der Waals surface area contributed by atoms with E-state index in [2.05, 4.69) is 0 Å². The second-order valence-corrected chi connectivity index (χ2v) is 3.43. The smallest absolute Gasteiger partial charge is 0.151 e. The lowest BCUT2D eigenvalue weighted by atomic mass is 10.1. The molecule has 0 aromatic rings. The van der Waals surface area contributed by atoms with Crippen LogP contribution < -0.4 is 0 Å². The van der Waals surface area contributed by atoms with E-state index in [1.54, 1.807) is 0 Å². The fourth-order valence-electron chi connectivity index (χ4n) is 0.752. The Morgan fingerprint density at radius 1 is 1.38 bits per heavy atom. The molecule has 0 aliphatic rings. The van der Waals surface area contributed by atoms with Crippen LogP contribution in [0.15, 0.2) is 0 Å². The number of aliphatic hydroxyl groups excluding tert-OH is 2. The Balaban J connectivity index is 4.04. The van der Waals surface area contributed by atoms with E-state index in [4.69, 9.17) is 14.9 Å². The summed E-state index contributed by atoms with van der Waals surface area (Å²) in [6.45, 7) is 5.42. The van der Waals surface area contributed by atoms with Crippen molar-refractivity contribution in [2.24, 2.45) is 5.92 Å². The van der Waals surface area contributed by atoms with E-state index in [0.29, 0.717) is 6.29 Å². The molecule has 0 aromatic heterocycles. The van der Waals surface area contributed by atoms with Gasteiger partial charge in [-0.15, -0.1) is 0 Å². The minimum absolute atomic E-state index is 0.0910. The summed E-state index contributed by atoms with van der Waals surface area (Å²) in [5.41, 5.74) is 0. The van der Waals surface area contributed by atoms with Crippen LogP contribution in [-0.4, -0.2) is 41.4 Å². The van der Waals surface area contributed by atoms with Crippen molar-refractivity contribution in [1.82, 2.24) is 0 Å². The van der Waals surface area contributed by atoms with Crippen molar-refractivity contribution in [3.8, 4) is 0 Å². The molecular formula is C9H18O4. The molecule has 0 heterocycles. The van der Waals surface area contributed by atoms with Gasteiger partial charge in [0.15, 0.2) is 6.29 Å². The first-order chi connectivity index (χ1) is 6.02. The SMILES string of the molecule is CC(C)C(C)OC(CO)C(O)C=O. The Kier molecular flexibility index (Phi) is 5.86. The molecule has 0 radical (unpaired) electrons. The van der Waals surface area contributed by atoms with Crippen LogP contribution in [0.25, 0.3) is 0 Å². The third-order valence-electron chi connectivity index (χ3n) is 2.03. The van der Waals surface area contributed by atoms with Gasteiger partial charge in [0.25, 0.3) is 0 Å². The third kappa shape index (κ3) is 4.36. The van der Waals surface area contributed by atoms with Gasteiger partial charge in [0.1, 0.15) is 12.2 Å².